The van der Waals surface area contributed by atoms with E-state index in [9.17, 15) is 4.79 Å². The monoisotopic (exact) mass is 253 g/mol. The fourth-order valence-electron chi connectivity index (χ4n) is 2.27. The van der Waals surface area contributed by atoms with Gasteiger partial charge in [0, 0.05) is 0 Å². The molecule has 0 fully saturated rings. The van der Waals surface area contributed by atoms with E-state index < -0.39 is 0 Å². The molecule has 0 radical (unpaired) electrons. The Morgan fingerprint density at radius 3 is 2.28 bits per heavy atom. The summed E-state index contributed by atoms with van der Waals surface area (Å²) in [6.45, 7) is 5.94. The molecule has 1 aromatic heterocycles. The molecule has 2 unspecified atom stereocenters. The quantitative estimate of drug-likeness (QED) is 0.757. The lowest BCUT2D eigenvalue weighted by Gasteiger charge is -2.31. The van der Waals surface area contributed by atoms with E-state index >= 15 is 0 Å². The highest BCUT2D eigenvalue weighted by Crippen LogP contribution is 2.33. The van der Waals surface area contributed by atoms with Gasteiger partial charge in [-0.2, -0.15) is 0 Å². The molecule has 2 atom stereocenters. The molecule has 0 aliphatic heterocycles. The average molecular weight is 253 g/mol. The fraction of sp³-hybridized carbons (Fsp3) is 0.643. The highest BCUT2D eigenvalue weighted by molar-refractivity contribution is 5.73. The van der Waals surface area contributed by atoms with E-state index in [0.29, 0.717) is 0 Å². The number of ether oxygens (including phenoxy) is 1. The van der Waals surface area contributed by atoms with Crippen LogP contribution in [0.3, 0.4) is 0 Å². The molecule has 0 spiro atoms. The Kier molecular flexibility index (Phi) is 4.96. The van der Waals surface area contributed by atoms with Gasteiger partial charge in [0.05, 0.1) is 19.1 Å². The van der Waals surface area contributed by atoms with Gasteiger partial charge in [-0.05, 0) is 39.1 Å². The van der Waals surface area contributed by atoms with Crippen LogP contribution in [0.2, 0.25) is 0 Å². The first kappa shape index (κ1) is 14.8. The molecule has 1 rings (SSSR count). The molecule has 0 bridgehead atoms. The van der Waals surface area contributed by atoms with E-state index in [4.69, 9.17) is 9.15 Å². The van der Waals surface area contributed by atoms with Crippen LogP contribution in [0.1, 0.15) is 31.4 Å². The molecule has 1 aromatic rings. The van der Waals surface area contributed by atoms with Crippen LogP contribution in [0, 0.1) is 18.8 Å². The molecular formula is C14H23NO3. The minimum absolute atomic E-state index is 0.105. The molecule has 0 aliphatic carbocycles. The third-order valence-corrected chi connectivity index (χ3v) is 3.14. The molecule has 4 nitrogen and oxygen atoms in total. The first-order valence-corrected chi connectivity index (χ1v) is 6.19. The molecule has 0 aliphatic rings. The zero-order valence-electron chi connectivity index (χ0n) is 12.1. The molecule has 0 amide bonds. The molecular weight excluding hydrogens is 230 g/mol. The Morgan fingerprint density at radius 1 is 1.33 bits per heavy atom. The molecule has 4 heteroatoms. The van der Waals surface area contributed by atoms with Crippen LogP contribution >= 0.6 is 0 Å². The van der Waals surface area contributed by atoms with Crippen molar-refractivity contribution in [3.8, 4) is 0 Å². The van der Waals surface area contributed by atoms with E-state index in [2.05, 4.69) is 0 Å². The molecule has 0 saturated carbocycles. The van der Waals surface area contributed by atoms with Crippen molar-refractivity contribution < 1.29 is 13.9 Å². The lowest BCUT2D eigenvalue weighted by atomic mass is 9.86. The van der Waals surface area contributed by atoms with Gasteiger partial charge in [-0.25, -0.2) is 0 Å². The van der Waals surface area contributed by atoms with E-state index in [1.165, 1.54) is 7.11 Å². The van der Waals surface area contributed by atoms with Crippen LogP contribution in [-0.4, -0.2) is 32.1 Å². The van der Waals surface area contributed by atoms with Crippen LogP contribution in [0.25, 0.3) is 0 Å². The van der Waals surface area contributed by atoms with Crippen molar-refractivity contribution >= 4 is 5.97 Å². The summed E-state index contributed by atoms with van der Waals surface area (Å²) in [5.41, 5.74) is 0. The largest absolute Gasteiger partial charge is 0.469 e. The minimum atomic E-state index is -0.240. The normalized spacial score (nSPS) is 14.9. The van der Waals surface area contributed by atoms with E-state index in [0.717, 1.165) is 11.5 Å². The van der Waals surface area contributed by atoms with Gasteiger partial charge in [-0.1, -0.05) is 13.8 Å². The van der Waals surface area contributed by atoms with Crippen LogP contribution in [0.15, 0.2) is 16.5 Å². The Labute approximate surface area is 109 Å². The van der Waals surface area contributed by atoms with Crippen molar-refractivity contribution in [3.05, 3.63) is 23.7 Å². The maximum Gasteiger partial charge on any atom is 0.310 e. The number of rotatable bonds is 5. The molecule has 0 N–H and O–H groups in total. The Balaban J connectivity index is 3.13. The second kappa shape index (κ2) is 6.05. The van der Waals surface area contributed by atoms with E-state index in [-0.39, 0.29) is 23.8 Å². The zero-order chi connectivity index (χ0) is 13.9. The Bertz CT molecular complexity index is 395. The summed E-state index contributed by atoms with van der Waals surface area (Å²) in [6, 6.07) is 3.74. The van der Waals surface area contributed by atoms with Gasteiger partial charge in [-0.15, -0.1) is 0 Å². The lowest BCUT2D eigenvalue weighted by molar-refractivity contribution is -0.150. The van der Waals surface area contributed by atoms with Gasteiger partial charge in [0.1, 0.15) is 11.5 Å². The first-order chi connectivity index (χ1) is 8.38. The number of carbonyl (C=O) groups is 1. The molecule has 1 heterocycles. The van der Waals surface area contributed by atoms with Crippen LogP contribution in [-0.2, 0) is 9.53 Å². The second-order valence-corrected chi connectivity index (χ2v) is 5.15. The van der Waals surface area contributed by atoms with Crippen molar-refractivity contribution in [1.29, 1.82) is 0 Å². The summed E-state index contributed by atoms with van der Waals surface area (Å²) in [7, 11) is 5.32. The number of hydrogen-bond acceptors (Lipinski definition) is 4. The summed E-state index contributed by atoms with van der Waals surface area (Å²) >= 11 is 0. The first-order valence-electron chi connectivity index (χ1n) is 6.19. The van der Waals surface area contributed by atoms with Gasteiger partial charge in [0.25, 0.3) is 0 Å². The maximum atomic E-state index is 12.0. The minimum Gasteiger partial charge on any atom is -0.469 e. The number of aryl methyl sites for hydroxylation is 1. The highest BCUT2D eigenvalue weighted by Gasteiger charge is 2.36. The van der Waals surface area contributed by atoms with Crippen molar-refractivity contribution in [3.63, 3.8) is 0 Å². The van der Waals surface area contributed by atoms with E-state index in [1.807, 2.05) is 51.9 Å². The van der Waals surface area contributed by atoms with Crippen LogP contribution in [0.5, 0.6) is 0 Å². The number of esters is 1. The molecule has 0 aromatic carbocycles. The smallest absolute Gasteiger partial charge is 0.310 e. The van der Waals surface area contributed by atoms with Gasteiger partial charge in [-0.3, -0.25) is 9.69 Å². The molecule has 102 valence electrons. The fourth-order valence-corrected chi connectivity index (χ4v) is 2.27. The summed E-state index contributed by atoms with van der Waals surface area (Å²) < 4.78 is 10.6. The standard InChI is InChI=1S/C14H23NO3/c1-9(2)12(14(16)17-6)13(15(4)5)11-8-7-10(3)18-11/h7-9,12-13H,1-6H3. The van der Waals surface area contributed by atoms with Crippen molar-refractivity contribution in [2.45, 2.75) is 26.8 Å². The van der Waals surface area contributed by atoms with Gasteiger partial charge in [0.2, 0.25) is 0 Å². The van der Waals surface area contributed by atoms with Gasteiger partial charge < -0.3 is 9.15 Å². The lowest BCUT2D eigenvalue weighted by Crippen LogP contribution is -2.36. The van der Waals surface area contributed by atoms with Crippen LogP contribution < -0.4 is 0 Å². The number of methoxy groups -OCH3 is 1. The third kappa shape index (κ3) is 3.13. The van der Waals surface area contributed by atoms with E-state index in [1.54, 1.807) is 0 Å². The topological polar surface area (TPSA) is 42.7 Å². The van der Waals surface area contributed by atoms with Crippen molar-refractivity contribution in [2.24, 2.45) is 11.8 Å². The summed E-state index contributed by atoms with van der Waals surface area (Å²) in [5, 5.41) is 0. The van der Waals surface area contributed by atoms with Crippen LogP contribution in [0.4, 0.5) is 0 Å². The molecule has 0 saturated heterocycles. The number of carbonyl (C=O) groups excluding carboxylic acids is 1. The predicted octanol–water partition coefficient (Wildman–Crippen LogP) is 2.64. The predicted molar refractivity (Wildman–Crippen MR) is 70.2 cm³/mol. The molecule has 18 heavy (non-hydrogen) atoms. The summed E-state index contributed by atoms with van der Waals surface area (Å²) in [5.74, 6) is 1.40. The number of hydrogen-bond donors (Lipinski definition) is 0. The third-order valence-electron chi connectivity index (χ3n) is 3.14. The number of furan rings is 1. The average Bonchev–Trinajstić information content (AvgIpc) is 2.70. The highest BCUT2D eigenvalue weighted by atomic mass is 16.5. The number of nitrogens with zero attached hydrogens (tertiary/aromatic N) is 1. The Morgan fingerprint density at radius 2 is 1.94 bits per heavy atom. The SMILES string of the molecule is COC(=O)C(C(C)C)C(c1ccc(C)o1)N(C)C. The second-order valence-electron chi connectivity index (χ2n) is 5.15. The van der Waals surface area contributed by atoms with Gasteiger partial charge in [0.15, 0.2) is 0 Å². The summed E-state index contributed by atoms with van der Waals surface area (Å²) in [6.07, 6.45) is 0. The van der Waals surface area contributed by atoms with Gasteiger partial charge >= 0.3 is 5.97 Å². The van der Waals surface area contributed by atoms with Crippen molar-refractivity contribution in [1.82, 2.24) is 4.90 Å². The van der Waals surface area contributed by atoms with Crippen molar-refractivity contribution in [2.75, 3.05) is 21.2 Å². The zero-order valence-corrected chi connectivity index (χ0v) is 12.1. The summed E-state index contributed by atoms with van der Waals surface area (Å²) in [4.78, 5) is 14.0. The Hall–Kier alpha value is -1.29. The maximum absolute atomic E-state index is 12.0.